The number of ether oxygens (including phenoxy) is 1. The van der Waals surface area contributed by atoms with Crippen molar-refractivity contribution in [3.8, 4) is 6.07 Å². The predicted octanol–water partition coefficient (Wildman–Crippen LogP) is 2.15. The summed E-state index contributed by atoms with van der Waals surface area (Å²) in [6.07, 6.45) is -4.81. The summed E-state index contributed by atoms with van der Waals surface area (Å²) in [5.41, 5.74) is -2.52. The summed E-state index contributed by atoms with van der Waals surface area (Å²) < 4.78 is 42.2. The van der Waals surface area contributed by atoms with Crippen molar-refractivity contribution in [1.82, 2.24) is 4.98 Å². The zero-order valence-corrected chi connectivity index (χ0v) is 8.71. The van der Waals surface area contributed by atoms with Crippen LogP contribution in [0.15, 0.2) is 12.1 Å². The quantitative estimate of drug-likeness (QED) is 0.748. The first-order valence-corrected chi connectivity index (χ1v) is 4.55. The standard InChI is InChI=1S/C10H7F3N2O2/c1-2-17-9(16)7-4-3-6(5-14)15-8(7)10(11,12)13/h3-4H,2H2,1H3. The number of hydrogen-bond donors (Lipinski definition) is 0. The molecule has 0 radical (unpaired) electrons. The van der Waals surface area contributed by atoms with Crippen molar-refractivity contribution in [2.45, 2.75) is 13.1 Å². The van der Waals surface area contributed by atoms with E-state index >= 15 is 0 Å². The van der Waals surface area contributed by atoms with Gasteiger partial charge in [-0.1, -0.05) is 0 Å². The van der Waals surface area contributed by atoms with Gasteiger partial charge in [0.25, 0.3) is 0 Å². The summed E-state index contributed by atoms with van der Waals surface area (Å²) in [4.78, 5) is 14.3. The molecule has 0 aliphatic rings. The van der Waals surface area contributed by atoms with Gasteiger partial charge in [-0.05, 0) is 19.1 Å². The lowest BCUT2D eigenvalue weighted by molar-refractivity contribution is -0.141. The van der Waals surface area contributed by atoms with Gasteiger partial charge in [0, 0.05) is 0 Å². The lowest BCUT2D eigenvalue weighted by Crippen LogP contribution is -2.17. The maximum Gasteiger partial charge on any atom is 0.434 e. The van der Waals surface area contributed by atoms with Gasteiger partial charge in [-0.3, -0.25) is 0 Å². The molecule has 0 saturated carbocycles. The van der Waals surface area contributed by atoms with E-state index in [1.54, 1.807) is 0 Å². The molecule has 1 heterocycles. The minimum atomic E-state index is -4.81. The number of halogens is 3. The van der Waals surface area contributed by atoms with Crippen LogP contribution in [0.2, 0.25) is 0 Å². The molecule has 0 unspecified atom stereocenters. The highest BCUT2D eigenvalue weighted by Gasteiger charge is 2.38. The molecule has 0 amide bonds. The molecule has 90 valence electrons. The Morgan fingerprint density at radius 2 is 2.18 bits per heavy atom. The number of alkyl halides is 3. The molecule has 0 saturated heterocycles. The molecule has 0 atom stereocenters. The number of nitrogens with zero attached hydrogens (tertiary/aromatic N) is 2. The minimum absolute atomic E-state index is 0.0455. The lowest BCUT2D eigenvalue weighted by Gasteiger charge is -2.10. The summed E-state index contributed by atoms with van der Waals surface area (Å²) in [7, 11) is 0. The van der Waals surface area contributed by atoms with Crippen molar-refractivity contribution in [3.63, 3.8) is 0 Å². The highest BCUT2D eigenvalue weighted by Crippen LogP contribution is 2.30. The number of carbonyl (C=O) groups is 1. The highest BCUT2D eigenvalue weighted by atomic mass is 19.4. The van der Waals surface area contributed by atoms with E-state index in [9.17, 15) is 18.0 Å². The molecule has 0 aliphatic heterocycles. The second kappa shape index (κ2) is 4.82. The van der Waals surface area contributed by atoms with Crippen LogP contribution in [-0.2, 0) is 10.9 Å². The fourth-order valence-corrected chi connectivity index (χ4v) is 1.11. The molecule has 1 aromatic rings. The van der Waals surface area contributed by atoms with Gasteiger partial charge < -0.3 is 4.74 Å². The van der Waals surface area contributed by atoms with Crippen molar-refractivity contribution >= 4 is 5.97 Å². The van der Waals surface area contributed by atoms with Crippen LogP contribution in [0, 0.1) is 11.3 Å². The van der Waals surface area contributed by atoms with Crippen LogP contribution in [0.25, 0.3) is 0 Å². The average molecular weight is 244 g/mol. The van der Waals surface area contributed by atoms with Gasteiger partial charge in [-0.25, -0.2) is 9.78 Å². The number of nitriles is 1. The molecule has 0 fully saturated rings. The summed E-state index contributed by atoms with van der Waals surface area (Å²) in [5.74, 6) is -1.11. The van der Waals surface area contributed by atoms with Crippen molar-refractivity contribution in [2.75, 3.05) is 6.61 Å². The SMILES string of the molecule is CCOC(=O)c1ccc(C#N)nc1C(F)(F)F. The molecule has 0 aliphatic carbocycles. The summed E-state index contributed by atoms with van der Waals surface area (Å²) in [5, 5.41) is 8.46. The van der Waals surface area contributed by atoms with E-state index in [0.29, 0.717) is 0 Å². The van der Waals surface area contributed by atoms with E-state index in [2.05, 4.69) is 9.72 Å². The molecule has 0 aromatic carbocycles. The van der Waals surface area contributed by atoms with E-state index < -0.39 is 29.1 Å². The molecule has 0 bridgehead atoms. The van der Waals surface area contributed by atoms with Gasteiger partial charge >= 0.3 is 12.1 Å². The number of rotatable bonds is 2. The van der Waals surface area contributed by atoms with Crippen LogP contribution in [0.4, 0.5) is 13.2 Å². The van der Waals surface area contributed by atoms with Crippen LogP contribution in [0.5, 0.6) is 0 Å². The summed E-state index contributed by atoms with van der Waals surface area (Å²) >= 11 is 0. The Balaban J connectivity index is 3.31. The fourth-order valence-electron chi connectivity index (χ4n) is 1.11. The first kappa shape index (κ1) is 13.0. The zero-order valence-electron chi connectivity index (χ0n) is 8.71. The molecule has 1 rings (SSSR count). The lowest BCUT2D eigenvalue weighted by atomic mass is 10.1. The number of hydrogen-bond acceptors (Lipinski definition) is 4. The van der Waals surface area contributed by atoms with Gasteiger partial charge in [0.2, 0.25) is 0 Å². The second-order valence-electron chi connectivity index (χ2n) is 2.92. The van der Waals surface area contributed by atoms with Crippen LogP contribution in [0.3, 0.4) is 0 Å². The number of esters is 1. The first-order valence-electron chi connectivity index (χ1n) is 4.55. The third-order valence-corrected chi connectivity index (χ3v) is 1.77. The zero-order chi connectivity index (χ0) is 13.1. The van der Waals surface area contributed by atoms with Gasteiger partial charge in [-0.2, -0.15) is 18.4 Å². The van der Waals surface area contributed by atoms with Crippen LogP contribution < -0.4 is 0 Å². The molecule has 1 aromatic heterocycles. The second-order valence-corrected chi connectivity index (χ2v) is 2.92. The topological polar surface area (TPSA) is 63.0 Å². The Morgan fingerprint density at radius 1 is 1.53 bits per heavy atom. The Bertz CT molecular complexity index is 477. The highest BCUT2D eigenvalue weighted by molar-refractivity contribution is 5.90. The molecule has 4 nitrogen and oxygen atoms in total. The number of aromatic nitrogens is 1. The molecule has 7 heteroatoms. The van der Waals surface area contributed by atoms with E-state index in [4.69, 9.17) is 5.26 Å². The van der Waals surface area contributed by atoms with Crippen molar-refractivity contribution < 1.29 is 22.7 Å². The van der Waals surface area contributed by atoms with Gasteiger partial charge in [0.1, 0.15) is 11.8 Å². The van der Waals surface area contributed by atoms with Crippen molar-refractivity contribution in [3.05, 3.63) is 29.1 Å². The Labute approximate surface area is 94.6 Å². The van der Waals surface area contributed by atoms with E-state index in [-0.39, 0.29) is 6.61 Å². The van der Waals surface area contributed by atoms with Gasteiger partial charge in [-0.15, -0.1) is 0 Å². The molecular weight excluding hydrogens is 237 g/mol. The number of carbonyl (C=O) groups excluding carboxylic acids is 1. The molecule has 17 heavy (non-hydrogen) atoms. The van der Waals surface area contributed by atoms with Crippen LogP contribution in [-0.4, -0.2) is 17.6 Å². The van der Waals surface area contributed by atoms with Crippen molar-refractivity contribution in [2.24, 2.45) is 0 Å². The largest absolute Gasteiger partial charge is 0.462 e. The Morgan fingerprint density at radius 3 is 2.65 bits per heavy atom. The maximum absolute atomic E-state index is 12.6. The van der Waals surface area contributed by atoms with Crippen LogP contribution in [0.1, 0.15) is 28.7 Å². The van der Waals surface area contributed by atoms with Gasteiger partial charge in [0.15, 0.2) is 5.69 Å². The third kappa shape index (κ3) is 2.93. The minimum Gasteiger partial charge on any atom is -0.462 e. The Hall–Kier alpha value is -2.10. The third-order valence-electron chi connectivity index (χ3n) is 1.77. The van der Waals surface area contributed by atoms with Crippen LogP contribution >= 0.6 is 0 Å². The fraction of sp³-hybridized carbons (Fsp3) is 0.300. The van der Waals surface area contributed by atoms with Gasteiger partial charge in [0.05, 0.1) is 12.2 Å². The average Bonchev–Trinajstić information content (AvgIpc) is 2.27. The van der Waals surface area contributed by atoms with E-state index in [0.717, 1.165) is 12.1 Å². The summed E-state index contributed by atoms with van der Waals surface area (Å²) in [6.45, 7) is 1.43. The number of pyridine rings is 1. The molecule has 0 spiro atoms. The Kier molecular flexibility index (Phi) is 3.68. The normalized spacial score (nSPS) is 10.8. The molecule has 0 N–H and O–H groups in total. The van der Waals surface area contributed by atoms with Crippen molar-refractivity contribution in [1.29, 1.82) is 5.26 Å². The maximum atomic E-state index is 12.6. The monoisotopic (exact) mass is 244 g/mol. The van der Waals surface area contributed by atoms with E-state index in [1.807, 2.05) is 0 Å². The first-order chi connectivity index (χ1) is 7.90. The summed E-state index contributed by atoms with van der Waals surface area (Å²) in [6, 6.07) is 3.38. The smallest absolute Gasteiger partial charge is 0.434 e. The molecular formula is C10H7F3N2O2. The van der Waals surface area contributed by atoms with E-state index in [1.165, 1.54) is 13.0 Å². The predicted molar refractivity (Wildman–Crippen MR) is 49.9 cm³/mol.